The number of hydrogen-bond donors (Lipinski definition) is 2. The molecular formula is C23H17FN4O4. The molecule has 0 fully saturated rings. The second-order valence-electron chi connectivity index (χ2n) is 6.90. The van der Waals surface area contributed by atoms with Gasteiger partial charge in [0.1, 0.15) is 29.0 Å². The number of methoxy groups -OCH3 is 1. The van der Waals surface area contributed by atoms with Crippen molar-refractivity contribution in [3.05, 3.63) is 89.3 Å². The van der Waals surface area contributed by atoms with Gasteiger partial charge in [0, 0.05) is 17.8 Å². The van der Waals surface area contributed by atoms with Crippen LogP contribution in [0.25, 0.3) is 10.9 Å². The molecule has 2 aromatic heterocycles. The molecule has 8 nitrogen and oxygen atoms in total. The highest BCUT2D eigenvalue weighted by atomic mass is 19.1. The number of aromatic nitrogens is 3. The number of phenolic OH excluding ortho intramolecular Hbond substituents is 1. The Labute approximate surface area is 181 Å². The number of carbonyl (C=O) groups excluding carboxylic acids is 2. The standard InChI is InChI=1S/C23H17FN4O4/c1-32-23(31)18-10-17(22(30)28-19-6-7-25-12-27-19)16-9-14(11-26-20(16)21(18)29)8-13-2-4-15(24)5-3-13/h2-7,9-12,29H,8H2,1H3,(H,25,27,28,30). The summed E-state index contributed by atoms with van der Waals surface area (Å²) in [5, 5.41) is 13.6. The number of amides is 1. The Balaban J connectivity index is 1.81. The number of carbonyl (C=O) groups is 2. The van der Waals surface area contributed by atoms with Crippen molar-refractivity contribution in [3.8, 4) is 5.75 Å². The lowest BCUT2D eigenvalue weighted by molar-refractivity contribution is 0.0597. The minimum absolute atomic E-state index is 0.0728. The van der Waals surface area contributed by atoms with E-state index >= 15 is 0 Å². The van der Waals surface area contributed by atoms with Crippen molar-refractivity contribution < 1.29 is 23.8 Å². The second-order valence-corrected chi connectivity index (χ2v) is 6.90. The summed E-state index contributed by atoms with van der Waals surface area (Å²) in [7, 11) is 1.17. The second kappa shape index (κ2) is 8.76. The fraction of sp³-hybridized carbons (Fsp3) is 0.0870. The van der Waals surface area contributed by atoms with Crippen LogP contribution in [0, 0.1) is 5.82 Å². The Hall–Kier alpha value is -4.40. The van der Waals surface area contributed by atoms with E-state index in [2.05, 4.69) is 20.3 Å². The van der Waals surface area contributed by atoms with E-state index in [1.54, 1.807) is 18.2 Å². The van der Waals surface area contributed by atoms with Gasteiger partial charge in [-0.05, 0) is 47.9 Å². The fourth-order valence-electron chi connectivity index (χ4n) is 3.26. The molecule has 0 saturated carbocycles. The highest BCUT2D eigenvalue weighted by molar-refractivity contribution is 6.15. The van der Waals surface area contributed by atoms with E-state index in [4.69, 9.17) is 4.74 Å². The van der Waals surface area contributed by atoms with Gasteiger partial charge in [0.2, 0.25) is 0 Å². The van der Waals surface area contributed by atoms with E-state index in [1.807, 2.05) is 0 Å². The maximum Gasteiger partial charge on any atom is 0.341 e. The number of esters is 1. The van der Waals surface area contributed by atoms with Gasteiger partial charge in [-0.1, -0.05) is 12.1 Å². The number of halogens is 1. The van der Waals surface area contributed by atoms with Crippen LogP contribution in [0.2, 0.25) is 0 Å². The molecule has 0 aliphatic heterocycles. The summed E-state index contributed by atoms with van der Waals surface area (Å²) < 4.78 is 17.9. The molecular weight excluding hydrogens is 415 g/mol. The van der Waals surface area contributed by atoms with E-state index in [0.717, 1.165) is 11.1 Å². The van der Waals surface area contributed by atoms with Crippen molar-refractivity contribution in [2.45, 2.75) is 6.42 Å². The minimum atomic E-state index is -0.808. The maximum absolute atomic E-state index is 13.2. The predicted molar refractivity (Wildman–Crippen MR) is 114 cm³/mol. The van der Waals surface area contributed by atoms with Crippen LogP contribution in [-0.4, -0.2) is 39.0 Å². The lowest BCUT2D eigenvalue weighted by Gasteiger charge is -2.13. The highest BCUT2D eigenvalue weighted by Gasteiger charge is 2.22. The Kier molecular flexibility index (Phi) is 5.71. The van der Waals surface area contributed by atoms with Crippen molar-refractivity contribution >= 4 is 28.6 Å². The number of ether oxygens (including phenoxy) is 1. The zero-order chi connectivity index (χ0) is 22.7. The number of rotatable bonds is 5. The third kappa shape index (κ3) is 4.22. The molecule has 1 amide bonds. The summed E-state index contributed by atoms with van der Waals surface area (Å²) in [5.41, 5.74) is 1.56. The van der Waals surface area contributed by atoms with E-state index in [9.17, 15) is 19.1 Å². The first-order valence-electron chi connectivity index (χ1n) is 9.51. The predicted octanol–water partition coefficient (Wildman–Crippen LogP) is 3.50. The van der Waals surface area contributed by atoms with Gasteiger partial charge in [0.25, 0.3) is 5.91 Å². The van der Waals surface area contributed by atoms with Gasteiger partial charge in [0.05, 0.1) is 12.7 Å². The first kappa shape index (κ1) is 20.9. The van der Waals surface area contributed by atoms with E-state index < -0.39 is 17.6 Å². The molecule has 4 rings (SSSR count). The van der Waals surface area contributed by atoms with Gasteiger partial charge >= 0.3 is 5.97 Å². The van der Waals surface area contributed by atoms with Gasteiger partial charge in [-0.25, -0.2) is 19.2 Å². The lowest BCUT2D eigenvalue weighted by Crippen LogP contribution is -2.15. The zero-order valence-electron chi connectivity index (χ0n) is 16.9. The summed E-state index contributed by atoms with van der Waals surface area (Å²) in [6.45, 7) is 0. The molecule has 0 bridgehead atoms. The number of benzene rings is 2. The monoisotopic (exact) mass is 432 g/mol. The molecule has 4 aromatic rings. The molecule has 32 heavy (non-hydrogen) atoms. The molecule has 0 radical (unpaired) electrons. The first-order valence-corrected chi connectivity index (χ1v) is 9.51. The molecule has 2 N–H and O–H groups in total. The topological polar surface area (TPSA) is 114 Å². The normalized spacial score (nSPS) is 10.7. The molecule has 9 heteroatoms. The van der Waals surface area contributed by atoms with E-state index in [-0.39, 0.29) is 28.3 Å². The van der Waals surface area contributed by atoms with Gasteiger partial charge in [-0.2, -0.15) is 0 Å². The Morgan fingerprint density at radius 3 is 2.53 bits per heavy atom. The smallest absolute Gasteiger partial charge is 0.341 e. The number of nitrogens with one attached hydrogen (secondary N) is 1. The van der Waals surface area contributed by atoms with Crippen molar-refractivity contribution in [2.75, 3.05) is 12.4 Å². The van der Waals surface area contributed by atoms with Crippen LogP contribution >= 0.6 is 0 Å². The largest absolute Gasteiger partial charge is 0.505 e. The molecule has 0 saturated heterocycles. The average molecular weight is 432 g/mol. The molecule has 0 aliphatic carbocycles. The van der Waals surface area contributed by atoms with Crippen LogP contribution in [0.15, 0.2) is 61.2 Å². The van der Waals surface area contributed by atoms with Crippen LogP contribution in [0.4, 0.5) is 10.2 Å². The Morgan fingerprint density at radius 2 is 1.84 bits per heavy atom. The SMILES string of the molecule is COC(=O)c1cc(C(=O)Nc2ccncn2)c2cc(Cc3ccc(F)cc3)cnc2c1O. The molecule has 0 unspecified atom stereocenters. The fourth-order valence-corrected chi connectivity index (χ4v) is 3.26. The molecule has 0 spiro atoms. The van der Waals surface area contributed by atoms with E-state index in [1.165, 1.54) is 50.1 Å². The molecule has 0 aliphatic rings. The maximum atomic E-state index is 13.2. The van der Waals surface area contributed by atoms with Crippen LogP contribution < -0.4 is 5.32 Å². The molecule has 2 heterocycles. The zero-order valence-corrected chi connectivity index (χ0v) is 16.9. The number of nitrogens with zero attached hydrogens (tertiary/aromatic N) is 3. The van der Waals surface area contributed by atoms with Crippen molar-refractivity contribution in [1.82, 2.24) is 15.0 Å². The van der Waals surface area contributed by atoms with Gasteiger partial charge in [0.15, 0.2) is 5.75 Å². The summed E-state index contributed by atoms with van der Waals surface area (Å²) in [5.74, 6) is -1.83. The van der Waals surface area contributed by atoms with Crippen LogP contribution in [-0.2, 0) is 11.2 Å². The van der Waals surface area contributed by atoms with Gasteiger partial charge in [-0.15, -0.1) is 0 Å². The summed E-state index contributed by atoms with van der Waals surface area (Å²) in [6.07, 6.45) is 4.71. The third-order valence-electron chi connectivity index (χ3n) is 4.80. The number of anilines is 1. The minimum Gasteiger partial charge on any atom is -0.505 e. The van der Waals surface area contributed by atoms with Crippen LogP contribution in [0.3, 0.4) is 0 Å². The molecule has 160 valence electrons. The van der Waals surface area contributed by atoms with Gasteiger partial charge in [-0.3, -0.25) is 9.78 Å². The summed E-state index contributed by atoms with van der Waals surface area (Å²) in [4.78, 5) is 37.2. The lowest BCUT2D eigenvalue weighted by atomic mass is 9.98. The molecule has 0 atom stereocenters. The summed E-state index contributed by atoms with van der Waals surface area (Å²) >= 11 is 0. The Morgan fingerprint density at radius 1 is 1.06 bits per heavy atom. The number of phenols is 1. The highest BCUT2D eigenvalue weighted by Crippen LogP contribution is 2.32. The number of fused-ring (bicyclic) bond motifs is 1. The van der Waals surface area contributed by atoms with Crippen molar-refractivity contribution in [2.24, 2.45) is 0 Å². The number of hydrogen-bond acceptors (Lipinski definition) is 7. The van der Waals surface area contributed by atoms with Crippen molar-refractivity contribution in [1.29, 1.82) is 0 Å². The van der Waals surface area contributed by atoms with Crippen LogP contribution in [0.1, 0.15) is 31.8 Å². The average Bonchev–Trinajstić information content (AvgIpc) is 2.81. The van der Waals surface area contributed by atoms with E-state index in [0.29, 0.717) is 11.8 Å². The quantitative estimate of drug-likeness (QED) is 0.464. The number of pyridine rings is 1. The van der Waals surface area contributed by atoms with Gasteiger partial charge < -0.3 is 15.2 Å². The van der Waals surface area contributed by atoms with Crippen molar-refractivity contribution in [3.63, 3.8) is 0 Å². The molecule has 2 aromatic carbocycles. The number of aromatic hydroxyl groups is 1. The first-order chi connectivity index (χ1) is 15.5. The van der Waals surface area contributed by atoms with Crippen LogP contribution in [0.5, 0.6) is 5.75 Å². The third-order valence-corrected chi connectivity index (χ3v) is 4.80. The Bertz CT molecular complexity index is 1310. The summed E-state index contributed by atoms with van der Waals surface area (Å²) in [6, 6.07) is 10.5.